The lowest BCUT2D eigenvalue weighted by Gasteiger charge is -2.13. The number of hydrogen-bond donors (Lipinski definition) is 2. The molecular formula is C21H26N2O2S. The van der Waals surface area contributed by atoms with E-state index in [-0.39, 0.29) is 12.1 Å². The molecule has 0 radical (unpaired) electrons. The second-order valence-electron chi connectivity index (χ2n) is 6.54. The summed E-state index contributed by atoms with van der Waals surface area (Å²) in [4.78, 5) is 11.8. The fraction of sp³-hybridized carbons (Fsp3) is 0.333. The summed E-state index contributed by atoms with van der Waals surface area (Å²) in [6.07, 6.45) is 0.983. The van der Waals surface area contributed by atoms with E-state index >= 15 is 0 Å². The van der Waals surface area contributed by atoms with Crippen LogP contribution in [0.25, 0.3) is 0 Å². The third-order valence-corrected chi connectivity index (χ3v) is 4.28. The summed E-state index contributed by atoms with van der Waals surface area (Å²) < 4.78 is 5.17. The van der Waals surface area contributed by atoms with E-state index in [1.807, 2.05) is 26.0 Å². The average molecular weight is 371 g/mol. The van der Waals surface area contributed by atoms with Gasteiger partial charge in [0.1, 0.15) is 0 Å². The molecule has 2 rings (SSSR count). The molecule has 2 aromatic rings. The maximum absolute atomic E-state index is 11.8. The predicted octanol–water partition coefficient (Wildman–Crippen LogP) is 5.57. The van der Waals surface area contributed by atoms with Crippen molar-refractivity contribution in [3.63, 3.8) is 0 Å². The van der Waals surface area contributed by atoms with Crippen LogP contribution in [0.1, 0.15) is 56.0 Å². The van der Waals surface area contributed by atoms with E-state index in [4.69, 9.17) is 17.0 Å². The van der Waals surface area contributed by atoms with Gasteiger partial charge in [0, 0.05) is 11.4 Å². The van der Waals surface area contributed by atoms with Gasteiger partial charge in [0.15, 0.2) is 5.11 Å². The molecule has 0 aliphatic heterocycles. The minimum absolute atomic E-state index is 0.135. The highest BCUT2D eigenvalue weighted by molar-refractivity contribution is 7.80. The third kappa shape index (κ3) is 5.85. The molecule has 0 heterocycles. The lowest BCUT2D eigenvalue weighted by Crippen LogP contribution is -2.19. The molecule has 138 valence electrons. The van der Waals surface area contributed by atoms with E-state index in [0.29, 0.717) is 16.6 Å². The molecule has 0 aliphatic carbocycles. The van der Waals surface area contributed by atoms with Crippen molar-refractivity contribution >= 4 is 34.7 Å². The van der Waals surface area contributed by atoms with Crippen LogP contribution in [0.4, 0.5) is 11.4 Å². The molecule has 2 N–H and O–H groups in total. The van der Waals surface area contributed by atoms with Crippen molar-refractivity contribution in [3.05, 3.63) is 59.7 Å². The molecule has 1 atom stereocenters. The van der Waals surface area contributed by atoms with Crippen LogP contribution in [0.2, 0.25) is 0 Å². The molecule has 0 saturated carbocycles. The van der Waals surface area contributed by atoms with Crippen LogP contribution in [-0.2, 0) is 4.74 Å². The first-order valence-corrected chi connectivity index (χ1v) is 9.29. The summed E-state index contributed by atoms with van der Waals surface area (Å²) in [5.74, 6) is 0.226. The Balaban J connectivity index is 1.92. The van der Waals surface area contributed by atoms with Gasteiger partial charge < -0.3 is 15.4 Å². The molecule has 0 spiro atoms. The van der Waals surface area contributed by atoms with Crippen LogP contribution >= 0.6 is 12.2 Å². The van der Waals surface area contributed by atoms with Crippen LogP contribution in [0.3, 0.4) is 0 Å². The highest BCUT2D eigenvalue weighted by Gasteiger charge is 2.09. The van der Waals surface area contributed by atoms with Crippen molar-refractivity contribution in [2.24, 2.45) is 0 Å². The van der Waals surface area contributed by atoms with Crippen molar-refractivity contribution in [3.8, 4) is 0 Å². The first kappa shape index (κ1) is 19.9. The number of anilines is 2. The van der Waals surface area contributed by atoms with Crippen LogP contribution in [0.5, 0.6) is 0 Å². The Kier molecular flexibility index (Phi) is 7.16. The highest BCUT2D eigenvalue weighted by Crippen LogP contribution is 2.20. The van der Waals surface area contributed by atoms with Gasteiger partial charge in [0.05, 0.1) is 11.7 Å². The largest absolute Gasteiger partial charge is 0.459 e. The second kappa shape index (κ2) is 9.34. The van der Waals surface area contributed by atoms with E-state index < -0.39 is 0 Å². The summed E-state index contributed by atoms with van der Waals surface area (Å²) in [6, 6.07) is 15.3. The van der Waals surface area contributed by atoms with Gasteiger partial charge in [-0.1, -0.05) is 26.0 Å². The van der Waals surface area contributed by atoms with Gasteiger partial charge in [-0.3, -0.25) is 0 Å². The summed E-state index contributed by atoms with van der Waals surface area (Å²) in [6.45, 7) is 8.06. The summed E-state index contributed by atoms with van der Waals surface area (Å²) in [5.41, 5.74) is 3.58. The first-order chi connectivity index (χ1) is 12.4. The Hall–Kier alpha value is -2.40. The van der Waals surface area contributed by atoms with Crippen molar-refractivity contribution in [1.82, 2.24) is 0 Å². The molecule has 0 fully saturated rings. The Morgan fingerprint density at radius 2 is 1.46 bits per heavy atom. The van der Waals surface area contributed by atoms with Crippen LogP contribution in [0.15, 0.2) is 48.5 Å². The number of carbonyl (C=O) groups is 1. The SMILES string of the molecule is CCC(C)c1ccc(NC(=S)Nc2ccc(C(=O)OC(C)C)cc2)cc1. The summed E-state index contributed by atoms with van der Waals surface area (Å²) in [5, 5.41) is 6.78. The fourth-order valence-electron chi connectivity index (χ4n) is 2.40. The molecule has 5 heteroatoms. The molecule has 0 aromatic heterocycles. The number of hydrogen-bond acceptors (Lipinski definition) is 3. The zero-order valence-corrected chi connectivity index (χ0v) is 16.5. The summed E-state index contributed by atoms with van der Waals surface area (Å²) >= 11 is 5.35. The highest BCUT2D eigenvalue weighted by atomic mass is 32.1. The van der Waals surface area contributed by atoms with Gasteiger partial charge in [-0.05, 0) is 80.4 Å². The average Bonchev–Trinajstić information content (AvgIpc) is 2.61. The molecule has 26 heavy (non-hydrogen) atoms. The van der Waals surface area contributed by atoms with E-state index in [2.05, 4.69) is 36.6 Å². The van der Waals surface area contributed by atoms with E-state index in [1.165, 1.54) is 5.56 Å². The second-order valence-corrected chi connectivity index (χ2v) is 6.95. The van der Waals surface area contributed by atoms with Gasteiger partial charge in [-0.2, -0.15) is 0 Å². The first-order valence-electron chi connectivity index (χ1n) is 8.88. The number of thiocarbonyl (C=S) groups is 1. The van der Waals surface area contributed by atoms with Crippen LogP contribution in [-0.4, -0.2) is 17.2 Å². The zero-order valence-electron chi connectivity index (χ0n) is 15.7. The minimum atomic E-state index is -0.325. The topological polar surface area (TPSA) is 50.4 Å². The number of rotatable bonds is 6. The van der Waals surface area contributed by atoms with Crippen molar-refractivity contribution in [1.29, 1.82) is 0 Å². The number of esters is 1. The van der Waals surface area contributed by atoms with Crippen LogP contribution < -0.4 is 10.6 Å². The number of benzene rings is 2. The predicted molar refractivity (Wildman–Crippen MR) is 112 cm³/mol. The fourth-order valence-corrected chi connectivity index (χ4v) is 2.63. The lowest BCUT2D eigenvalue weighted by molar-refractivity contribution is 0.0378. The number of ether oxygens (including phenoxy) is 1. The summed E-state index contributed by atoms with van der Waals surface area (Å²) in [7, 11) is 0. The molecular weight excluding hydrogens is 344 g/mol. The quantitative estimate of drug-likeness (QED) is 0.514. The number of nitrogens with one attached hydrogen (secondary N) is 2. The molecule has 0 bridgehead atoms. The maximum atomic E-state index is 11.8. The third-order valence-electron chi connectivity index (χ3n) is 4.07. The van der Waals surface area contributed by atoms with Crippen LogP contribution in [0, 0.1) is 0 Å². The number of carbonyl (C=O) groups excluding carboxylic acids is 1. The van der Waals surface area contributed by atoms with E-state index in [1.54, 1.807) is 24.3 Å². The van der Waals surface area contributed by atoms with Gasteiger partial charge >= 0.3 is 5.97 Å². The van der Waals surface area contributed by atoms with E-state index in [9.17, 15) is 4.79 Å². The standard InChI is InChI=1S/C21H26N2O2S/c1-5-15(4)16-6-10-18(11-7-16)22-21(26)23-19-12-8-17(9-13-19)20(24)25-14(2)3/h6-15H,5H2,1-4H3,(H2,22,23,26). The molecule has 1 unspecified atom stereocenters. The van der Waals surface area contributed by atoms with Gasteiger partial charge in [0.2, 0.25) is 0 Å². The molecule has 2 aromatic carbocycles. The monoisotopic (exact) mass is 370 g/mol. The van der Waals surface area contributed by atoms with Gasteiger partial charge in [-0.15, -0.1) is 0 Å². The Labute approximate surface area is 161 Å². The molecule has 0 aliphatic rings. The smallest absolute Gasteiger partial charge is 0.338 e. The Morgan fingerprint density at radius 3 is 1.92 bits per heavy atom. The molecule has 0 saturated heterocycles. The van der Waals surface area contributed by atoms with E-state index in [0.717, 1.165) is 17.8 Å². The zero-order chi connectivity index (χ0) is 19.1. The Morgan fingerprint density at radius 1 is 0.962 bits per heavy atom. The normalized spacial score (nSPS) is 11.7. The van der Waals surface area contributed by atoms with Crippen molar-refractivity contribution in [2.45, 2.75) is 46.1 Å². The minimum Gasteiger partial charge on any atom is -0.459 e. The van der Waals surface area contributed by atoms with Gasteiger partial charge in [-0.25, -0.2) is 4.79 Å². The molecule has 0 amide bonds. The Bertz CT molecular complexity index is 740. The lowest BCUT2D eigenvalue weighted by atomic mass is 9.99. The maximum Gasteiger partial charge on any atom is 0.338 e. The van der Waals surface area contributed by atoms with Gasteiger partial charge in [0.25, 0.3) is 0 Å². The van der Waals surface area contributed by atoms with Crippen molar-refractivity contribution < 1.29 is 9.53 Å². The van der Waals surface area contributed by atoms with Crippen molar-refractivity contribution in [2.75, 3.05) is 10.6 Å². The molecule has 4 nitrogen and oxygen atoms in total.